The van der Waals surface area contributed by atoms with Crippen molar-refractivity contribution in [3.05, 3.63) is 120 Å². The Morgan fingerprint density at radius 2 is 1.10 bits per heavy atom. The average molecular weight is 1870 g/mol. The molecule has 0 saturated carbocycles. The molecule has 3 aliphatic rings. The van der Waals surface area contributed by atoms with Crippen LogP contribution in [-0.2, 0) is 117 Å². The Balaban J connectivity index is 1.09. The number of rotatable bonds is 27. The monoisotopic (exact) mass is 1870 g/mol. The molecule has 44 nitrogen and oxygen atoms in total. The van der Waals surface area contributed by atoms with Crippen molar-refractivity contribution in [1.82, 2.24) is 98.0 Å². The number of carbonyl (C=O) groups is 18. The standard InChI is InChI=1S/C88H120N22O22S/c1-6-8-18-60-85(128)108(5)69(22-9-7-2)82(125)98-59(28-31-132-47-112)77(120)106-68(76(119)95-41-73(91)116)44-133-45-74(117)97-65(32-49-24-26-53(113)27-25-49)86(129)107(4)48(3)75(118)104-66(37-72(90)115)88(131)109-30-15-23-70(109)83(126)103-64(35-52-40-92-46-96-52)80(123)100-61(21-14-29-89)87(130)110-42-54(114)36-71(110)84(127)102-63(34-51-39-94-58-20-13-11-17-56(51)58)79(122)105-67(43-111)81(124)101-62(78(121)99-60)33-50-38-93-57-19-12-10-16-55(50)57/h10-13,16-17,19-20,24-27,38-40,46-48,54,59-71,93-94,111,113-114H,6-9,14-15,18,21-23,28-37,41-45,89H2,1-5H3,(H2,90,115)(H2,91,116)(H,92,96)(H,95,119)(H,97,117)(H,98,125)(H,99,121)(H,100,123)(H,101,124)(H,102,127)(H,103,126)(H,104,118)(H,105,122)(H,106,120)/t48-,54+,59-,60+,61-,62-,63-,64-,65-,66-,67-,68?,69-,70-,71-/m0/s1. The number of para-hydroxylation sites is 2. The van der Waals surface area contributed by atoms with Gasteiger partial charge in [0.1, 0.15) is 90.3 Å². The van der Waals surface area contributed by atoms with Crippen molar-refractivity contribution in [2.24, 2.45) is 17.2 Å². The van der Waals surface area contributed by atoms with E-state index in [0.717, 1.165) is 31.4 Å². The number of carbonyl (C=O) groups excluding carboxylic acids is 18. The lowest BCUT2D eigenvalue weighted by atomic mass is 10.0. The number of aromatic nitrogens is 4. The summed E-state index contributed by atoms with van der Waals surface area (Å²) in [7, 11) is 2.49. The Kier molecular flexibility index (Phi) is 38.9. The van der Waals surface area contributed by atoms with Crippen LogP contribution in [0.5, 0.6) is 5.75 Å². The first-order valence-electron chi connectivity index (χ1n) is 44.1. The first kappa shape index (κ1) is 103. The summed E-state index contributed by atoms with van der Waals surface area (Å²) in [5, 5.41) is 62.7. The van der Waals surface area contributed by atoms with Gasteiger partial charge in [-0.1, -0.05) is 88.1 Å². The molecule has 0 bridgehead atoms. The number of H-pyrrole nitrogens is 3. The molecule has 9 rings (SSSR count). The molecule has 3 saturated heterocycles. The molecule has 0 spiro atoms. The zero-order chi connectivity index (χ0) is 96.7. The average Bonchev–Trinajstić information content (AvgIpc) is 1.67. The van der Waals surface area contributed by atoms with Crippen LogP contribution in [0.3, 0.4) is 0 Å². The molecule has 3 fully saturated rings. The summed E-state index contributed by atoms with van der Waals surface area (Å²) in [5.74, 6) is -18.0. The molecule has 6 aromatic rings. The number of ether oxygens (including phenoxy) is 1. The Morgan fingerprint density at radius 1 is 0.564 bits per heavy atom. The van der Waals surface area contributed by atoms with Crippen molar-refractivity contribution in [3.8, 4) is 5.75 Å². The highest BCUT2D eigenvalue weighted by Gasteiger charge is 2.46. The second kappa shape index (κ2) is 50.2. The Morgan fingerprint density at radius 3 is 1.68 bits per heavy atom. The number of aromatic hydroxyl groups is 1. The van der Waals surface area contributed by atoms with E-state index >= 15 is 38.4 Å². The molecule has 23 N–H and O–H groups in total. The van der Waals surface area contributed by atoms with Gasteiger partial charge in [-0.3, -0.25) is 86.3 Å². The molecule has 3 aromatic carbocycles. The normalized spacial score (nSPS) is 24.8. The maximum Gasteiger partial charge on any atom is 0.293 e. The van der Waals surface area contributed by atoms with Crippen molar-refractivity contribution >= 4 is 140 Å². The van der Waals surface area contributed by atoms with E-state index in [2.05, 4.69) is 78.4 Å². The second-order valence-corrected chi connectivity index (χ2v) is 34.2. The van der Waals surface area contributed by atoms with Crippen LogP contribution in [0.15, 0.2) is 97.7 Å². The molecule has 3 aliphatic heterocycles. The number of nitrogens with zero attached hydrogens (tertiary/aromatic N) is 5. The van der Waals surface area contributed by atoms with E-state index in [1.165, 1.54) is 57.8 Å². The first-order valence-corrected chi connectivity index (χ1v) is 45.3. The molecule has 1 unspecified atom stereocenters. The highest BCUT2D eigenvalue weighted by molar-refractivity contribution is 8.00. The van der Waals surface area contributed by atoms with Crippen LogP contribution in [-0.4, -0.2) is 317 Å². The SMILES string of the molecule is CCCC[C@H]1NC(=O)[C@H](Cc2c[nH]c3ccccc23)NC(=O)[C@H](CO)NC(=O)[C@H](Cc2c[nH]c3ccccc23)NC(=O)[C@@H]2C[C@@H](O)CN2C(=O)[C@H](CCCN)NC(=O)[C@H](Cc2cnc[nH]2)NC(=O)[C@@H]2CCCN2C(=O)[C@H](CC(N)=O)NC(=O)[C@H](C)N(C)C(=O)[C@H](Cc2ccc(O)cc2)NC(=O)CSCC(C(=O)NCC(N)=O)NC(=O)[C@H](CCOC=O)NC(=O)[C@H](CCCC)N(C)C1=O. The smallest absolute Gasteiger partial charge is 0.293 e. The fourth-order valence-electron chi connectivity index (χ4n) is 16.1. The predicted octanol–water partition coefficient (Wildman–Crippen LogP) is -4.28. The van der Waals surface area contributed by atoms with Gasteiger partial charge in [0.15, 0.2) is 0 Å². The van der Waals surface area contributed by atoms with Crippen LogP contribution in [0.2, 0.25) is 0 Å². The number of amides is 17. The van der Waals surface area contributed by atoms with Gasteiger partial charge in [0.05, 0.1) is 44.4 Å². The van der Waals surface area contributed by atoms with E-state index in [-0.39, 0.29) is 89.5 Å². The van der Waals surface area contributed by atoms with Crippen molar-refractivity contribution in [1.29, 1.82) is 0 Å². The van der Waals surface area contributed by atoms with Gasteiger partial charge in [0.2, 0.25) is 100 Å². The van der Waals surface area contributed by atoms with Gasteiger partial charge in [-0.2, -0.15) is 0 Å². The maximum absolute atomic E-state index is 15.3. The summed E-state index contributed by atoms with van der Waals surface area (Å²) >= 11 is 0.728. The number of phenols is 1. The Bertz CT molecular complexity index is 5110. The predicted molar refractivity (Wildman–Crippen MR) is 481 cm³/mol. The van der Waals surface area contributed by atoms with Gasteiger partial charge in [-0.05, 0) is 92.9 Å². The van der Waals surface area contributed by atoms with Crippen LogP contribution < -0.4 is 75.7 Å². The van der Waals surface area contributed by atoms with Crippen LogP contribution >= 0.6 is 11.8 Å². The van der Waals surface area contributed by atoms with E-state index in [0.29, 0.717) is 69.9 Å². The minimum absolute atomic E-state index is 0.0281. The number of unbranched alkanes of at least 4 members (excludes halogenated alkanes) is 2. The van der Waals surface area contributed by atoms with Crippen molar-refractivity contribution in [2.75, 3.05) is 65.0 Å². The van der Waals surface area contributed by atoms with Crippen LogP contribution in [0.1, 0.15) is 127 Å². The van der Waals surface area contributed by atoms with Gasteiger partial charge in [-0.25, -0.2) is 4.98 Å². The summed E-state index contributed by atoms with van der Waals surface area (Å²) in [5.41, 5.74) is 20.0. The number of imidazole rings is 1. The number of benzene rings is 3. The molecule has 45 heteroatoms. The van der Waals surface area contributed by atoms with Crippen molar-refractivity contribution in [2.45, 2.75) is 221 Å². The zero-order valence-electron chi connectivity index (χ0n) is 74.6. The summed E-state index contributed by atoms with van der Waals surface area (Å²) in [6.45, 7) is 1.92. The van der Waals surface area contributed by atoms with E-state index < -0.39 is 248 Å². The Hall–Kier alpha value is -13.6. The zero-order valence-corrected chi connectivity index (χ0v) is 75.4. The summed E-state index contributed by atoms with van der Waals surface area (Å²) < 4.78 is 4.97. The van der Waals surface area contributed by atoms with E-state index in [1.54, 1.807) is 67.8 Å². The third-order valence-electron chi connectivity index (χ3n) is 23.5. The van der Waals surface area contributed by atoms with Crippen LogP contribution in [0.25, 0.3) is 21.8 Å². The molecule has 133 heavy (non-hydrogen) atoms. The number of nitrogens with two attached hydrogens (primary N) is 3. The number of thioether (sulfide) groups is 1. The fraction of sp³-hybridized carbons (Fsp3) is 0.511. The summed E-state index contributed by atoms with van der Waals surface area (Å²) in [6.07, 6.45) is 2.95. The van der Waals surface area contributed by atoms with Gasteiger partial charge in [0, 0.05) is 118 Å². The Labute approximate surface area is 769 Å². The molecule has 6 heterocycles. The molecule has 17 amide bonds. The second-order valence-electron chi connectivity index (χ2n) is 33.1. The number of primary amides is 2. The fourth-order valence-corrected chi connectivity index (χ4v) is 16.9. The number of aliphatic hydroxyl groups is 2. The van der Waals surface area contributed by atoms with Gasteiger partial charge < -0.3 is 130 Å². The highest BCUT2D eigenvalue weighted by atomic mass is 32.2. The minimum Gasteiger partial charge on any atom is -0.508 e. The van der Waals surface area contributed by atoms with Crippen molar-refractivity contribution in [3.63, 3.8) is 0 Å². The van der Waals surface area contributed by atoms with E-state index in [4.69, 9.17) is 21.9 Å². The molecular formula is C88H120N22O22S. The number of aromatic amines is 3. The van der Waals surface area contributed by atoms with Crippen LogP contribution in [0.4, 0.5) is 0 Å². The molecule has 720 valence electrons. The minimum atomic E-state index is -1.91. The van der Waals surface area contributed by atoms with Gasteiger partial charge in [-0.15, -0.1) is 11.8 Å². The number of nitrogens with one attached hydrogen (secondary N) is 14. The van der Waals surface area contributed by atoms with Crippen molar-refractivity contribution < 1.29 is 106 Å². The maximum atomic E-state index is 15.3. The van der Waals surface area contributed by atoms with Crippen LogP contribution in [0, 0.1) is 0 Å². The van der Waals surface area contributed by atoms with E-state index in [1.807, 2.05) is 6.92 Å². The summed E-state index contributed by atoms with van der Waals surface area (Å²) in [6, 6.07) is -2.94. The van der Waals surface area contributed by atoms with Gasteiger partial charge >= 0.3 is 0 Å². The van der Waals surface area contributed by atoms with E-state index in [9.17, 15) is 63.3 Å². The molecular weight excluding hydrogens is 1750 g/mol. The molecule has 15 atom stereocenters. The number of hydrogen-bond donors (Lipinski definition) is 20. The molecule has 0 radical (unpaired) electrons. The number of hydrogen-bond acceptors (Lipinski definition) is 25. The quantitative estimate of drug-likeness (QED) is 0.0171. The first-order chi connectivity index (χ1) is 63.6. The summed E-state index contributed by atoms with van der Waals surface area (Å²) in [4.78, 5) is 277. The molecule has 3 aromatic heterocycles. The van der Waals surface area contributed by atoms with Gasteiger partial charge in [0.25, 0.3) is 6.47 Å². The largest absolute Gasteiger partial charge is 0.508 e. The third kappa shape index (κ3) is 29.0. The number of phenolic OH excluding ortho intramolecular Hbond substituents is 1. The third-order valence-corrected chi connectivity index (χ3v) is 24.5. The number of fused-ring (bicyclic) bond motifs is 4. The molecule has 0 aliphatic carbocycles. The number of aliphatic hydroxyl groups excluding tert-OH is 2. The lowest BCUT2D eigenvalue weighted by Gasteiger charge is -2.33. The highest BCUT2D eigenvalue weighted by Crippen LogP contribution is 2.27. The lowest BCUT2D eigenvalue weighted by Crippen LogP contribution is -2.61. The lowest BCUT2D eigenvalue weighted by molar-refractivity contribution is -0.145. The topological polar surface area (TPSA) is 661 Å². The number of likely N-dealkylation sites (N-methyl/N-ethyl adjacent to an activating group) is 2.